The number of ether oxygens (including phenoxy) is 1. The first-order valence-corrected chi connectivity index (χ1v) is 6.79. The Kier molecular flexibility index (Phi) is 5.21. The molecule has 1 saturated heterocycles. The Labute approximate surface area is 135 Å². The second-order valence-corrected chi connectivity index (χ2v) is 5.13. The van der Waals surface area contributed by atoms with Crippen LogP contribution in [-0.4, -0.2) is 58.1 Å². The van der Waals surface area contributed by atoms with Gasteiger partial charge in [0.05, 0.1) is 18.8 Å². The zero-order valence-corrected chi connectivity index (χ0v) is 12.5. The van der Waals surface area contributed by atoms with Crippen LogP contribution in [0.1, 0.15) is 16.8 Å². The average molecular weight is 341 g/mol. The first-order chi connectivity index (χ1) is 11.3. The highest BCUT2D eigenvalue weighted by molar-refractivity contribution is 6.02. The van der Waals surface area contributed by atoms with E-state index in [1.165, 1.54) is 0 Å². The summed E-state index contributed by atoms with van der Waals surface area (Å²) in [6.45, 7) is -0.161. The van der Waals surface area contributed by atoms with Crippen molar-refractivity contribution in [3.05, 3.63) is 34.2 Å². The normalized spacial score (nSPS) is 20.0. The predicted octanol–water partition coefficient (Wildman–Crippen LogP) is -0.178. The monoisotopic (exact) mass is 341 g/mol. The molecule has 11 heteroatoms. The Morgan fingerprint density at radius 1 is 1.33 bits per heavy atom. The lowest BCUT2D eigenvalue weighted by Gasteiger charge is -2.38. The highest BCUT2D eigenvalue weighted by Gasteiger charge is 2.40. The summed E-state index contributed by atoms with van der Waals surface area (Å²) in [6.07, 6.45) is -0.971. The van der Waals surface area contributed by atoms with Gasteiger partial charge in [-0.05, 0) is 18.2 Å². The zero-order valence-electron chi connectivity index (χ0n) is 12.5. The molecule has 0 aliphatic carbocycles. The van der Waals surface area contributed by atoms with Gasteiger partial charge in [-0.3, -0.25) is 15.2 Å². The molecule has 2 rings (SSSR count). The molecule has 2 atom stereocenters. The van der Waals surface area contributed by atoms with Crippen LogP contribution in [0.15, 0.2) is 18.2 Å². The molecule has 1 amide bonds. The number of aliphatic hydroxyl groups excluding tert-OH is 1. The van der Waals surface area contributed by atoms with E-state index in [1.54, 1.807) is 0 Å². The molecular weight excluding hydrogens is 326 g/mol. The van der Waals surface area contributed by atoms with E-state index in [9.17, 15) is 35.5 Å². The van der Waals surface area contributed by atoms with Gasteiger partial charge in [0.25, 0.3) is 5.91 Å². The first-order valence-electron chi connectivity index (χ1n) is 6.79. The van der Waals surface area contributed by atoms with Gasteiger partial charge in [-0.25, -0.2) is 4.79 Å². The highest BCUT2D eigenvalue weighted by Crippen LogP contribution is 2.29. The maximum absolute atomic E-state index is 12.6. The Balaban J connectivity index is 2.39. The summed E-state index contributed by atoms with van der Waals surface area (Å²) >= 11 is 0. The number of aliphatic hydroxyl groups is 1. The quantitative estimate of drug-likeness (QED) is 0.495. The number of nitrogens with zero attached hydrogens (tertiary/aromatic N) is 3. The molecule has 0 saturated carbocycles. The SMILES string of the molecule is COC(=O)C1CC(O)CN1C(=O)c1ccc(N([O-])[O-])cc1N(O)O. The molecule has 0 spiro atoms. The molecule has 3 N–H and O–H groups in total. The van der Waals surface area contributed by atoms with Crippen molar-refractivity contribution in [1.29, 1.82) is 0 Å². The van der Waals surface area contributed by atoms with Gasteiger partial charge >= 0.3 is 5.97 Å². The number of amides is 1. The third kappa shape index (κ3) is 3.39. The number of β-amino-alcohol motifs (C(OH)–C–C–N with tert-alkyl or cyclic N) is 1. The molecular formula is C13H15N3O8-2. The van der Waals surface area contributed by atoms with Gasteiger partial charge in [0.2, 0.25) is 0 Å². The van der Waals surface area contributed by atoms with Crippen molar-refractivity contribution < 1.29 is 29.8 Å². The van der Waals surface area contributed by atoms with Crippen molar-refractivity contribution in [2.75, 3.05) is 24.1 Å². The lowest BCUT2D eigenvalue weighted by Crippen LogP contribution is -2.41. The van der Waals surface area contributed by atoms with E-state index >= 15 is 0 Å². The first kappa shape index (κ1) is 17.9. The molecule has 1 aliphatic heterocycles. The fourth-order valence-corrected chi connectivity index (χ4v) is 2.53. The Morgan fingerprint density at radius 2 is 2.00 bits per heavy atom. The second-order valence-electron chi connectivity index (χ2n) is 5.13. The Morgan fingerprint density at radius 3 is 2.54 bits per heavy atom. The fraction of sp³-hybridized carbons (Fsp3) is 0.385. The van der Waals surface area contributed by atoms with Gasteiger partial charge in [-0.15, -0.1) is 5.23 Å². The molecule has 0 aromatic heterocycles. The standard InChI is InChI=1S/C13H15N3O8/c1-24-13(19)11-5-8(17)6-14(11)12(18)9-3-2-7(15(20)21)4-10(9)16(22)23/h2-4,8,11,17,22-23H,5-6H2,1H3/q-2. The van der Waals surface area contributed by atoms with Crippen LogP contribution in [0.4, 0.5) is 11.4 Å². The van der Waals surface area contributed by atoms with E-state index in [4.69, 9.17) is 0 Å². The molecule has 2 unspecified atom stereocenters. The van der Waals surface area contributed by atoms with E-state index < -0.39 is 45.9 Å². The zero-order chi connectivity index (χ0) is 18.0. The van der Waals surface area contributed by atoms with Crippen LogP contribution in [0.2, 0.25) is 0 Å². The number of hydrogen-bond acceptors (Lipinski definition) is 10. The summed E-state index contributed by atoms with van der Waals surface area (Å²) in [6, 6.07) is 1.81. The number of hydrogen-bond donors (Lipinski definition) is 3. The van der Waals surface area contributed by atoms with E-state index in [1.807, 2.05) is 0 Å². The fourth-order valence-electron chi connectivity index (χ4n) is 2.53. The minimum Gasteiger partial charge on any atom is -0.769 e. The number of rotatable bonds is 4. The van der Waals surface area contributed by atoms with Crippen LogP contribution in [0.25, 0.3) is 0 Å². The van der Waals surface area contributed by atoms with Crippen molar-refractivity contribution in [2.24, 2.45) is 0 Å². The number of esters is 1. The molecule has 24 heavy (non-hydrogen) atoms. The number of likely N-dealkylation sites (tertiary alicyclic amines) is 1. The lowest BCUT2D eigenvalue weighted by atomic mass is 10.1. The topological polar surface area (TPSA) is 160 Å². The molecule has 0 bridgehead atoms. The number of benzene rings is 1. The van der Waals surface area contributed by atoms with Gasteiger partial charge in [0.1, 0.15) is 11.7 Å². The number of anilines is 2. The molecule has 1 fully saturated rings. The smallest absolute Gasteiger partial charge is 0.328 e. The number of carbonyl (C=O) groups excluding carboxylic acids is 2. The molecule has 1 aromatic rings. The maximum Gasteiger partial charge on any atom is 0.328 e. The van der Waals surface area contributed by atoms with E-state index in [0.29, 0.717) is 0 Å². The molecule has 1 heterocycles. The third-order valence-corrected chi connectivity index (χ3v) is 3.65. The van der Waals surface area contributed by atoms with Crippen molar-refractivity contribution in [3.8, 4) is 0 Å². The van der Waals surface area contributed by atoms with Crippen LogP contribution < -0.4 is 10.5 Å². The van der Waals surface area contributed by atoms with Gasteiger partial charge < -0.3 is 30.4 Å². The maximum atomic E-state index is 12.6. The largest absolute Gasteiger partial charge is 0.769 e. The number of methoxy groups -OCH3 is 1. The highest BCUT2D eigenvalue weighted by atomic mass is 16.8. The van der Waals surface area contributed by atoms with Crippen molar-refractivity contribution in [3.63, 3.8) is 0 Å². The summed E-state index contributed by atoms with van der Waals surface area (Å²) in [5, 5.41) is 48.5. The van der Waals surface area contributed by atoms with E-state index in [0.717, 1.165) is 30.2 Å². The molecule has 0 radical (unpaired) electrons. The summed E-state index contributed by atoms with van der Waals surface area (Å²) in [5.41, 5.74) is -1.27. The van der Waals surface area contributed by atoms with Crippen LogP contribution in [-0.2, 0) is 9.53 Å². The minimum absolute atomic E-state index is 0.0251. The van der Waals surface area contributed by atoms with Gasteiger partial charge in [0, 0.05) is 18.7 Å². The molecule has 1 aliphatic rings. The van der Waals surface area contributed by atoms with Crippen LogP contribution in [0.5, 0.6) is 0 Å². The summed E-state index contributed by atoms with van der Waals surface area (Å²) in [7, 11) is 1.14. The Hall–Kier alpha value is -2.44. The lowest BCUT2D eigenvalue weighted by molar-refractivity contribution is -0.145. The molecule has 132 valence electrons. The molecule has 1 aromatic carbocycles. The second kappa shape index (κ2) is 6.98. The van der Waals surface area contributed by atoms with Gasteiger partial charge in [0.15, 0.2) is 0 Å². The predicted molar refractivity (Wildman–Crippen MR) is 79.2 cm³/mol. The average Bonchev–Trinajstić information content (AvgIpc) is 2.94. The van der Waals surface area contributed by atoms with Crippen molar-refractivity contribution in [2.45, 2.75) is 18.6 Å². The Bertz CT molecular complexity index is 636. The summed E-state index contributed by atoms with van der Waals surface area (Å²) in [5.74, 6) is -1.53. The third-order valence-electron chi connectivity index (χ3n) is 3.65. The van der Waals surface area contributed by atoms with Crippen LogP contribution in [0, 0.1) is 10.4 Å². The van der Waals surface area contributed by atoms with Crippen LogP contribution in [0.3, 0.4) is 0 Å². The summed E-state index contributed by atoms with van der Waals surface area (Å²) < 4.78 is 4.58. The number of carbonyl (C=O) groups is 2. The van der Waals surface area contributed by atoms with Crippen LogP contribution >= 0.6 is 0 Å². The van der Waals surface area contributed by atoms with Crippen molar-refractivity contribution >= 4 is 23.3 Å². The van der Waals surface area contributed by atoms with Gasteiger partial charge in [-0.1, -0.05) is 0 Å². The molecule has 11 nitrogen and oxygen atoms in total. The van der Waals surface area contributed by atoms with Crippen molar-refractivity contribution in [1.82, 2.24) is 4.90 Å². The van der Waals surface area contributed by atoms with Gasteiger partial charge in [-0.2, -0.15) is 0 Å². The summed E-state index contributed by atoms with van der Waals surface area (Å²) in [4.78, 5) is 25.4. The van der Waals surface area contributed by atoms with E-state index in [2.05, 4.69) is 4.74 Å². The van der Waals surface area contributed by atoms with E-state index in [-0.39, 0.29) is 18.5 Å². The minimum atomic E-state index is -1.04.